The molecule has 0 aliphatic rings. The van der Waals surface area contributed by atoms with Crippen molar-refractivity contribution in [2.45, 2.75) is 18.1 Å². The zero-order valence-corrected chi connectivity index (χ0v) is 19.1. The Hall–Kier alpha value is -3.16. The number of thioether (sulfide) groups is 1. The standard InChI is InChI=1S/C25H23N3O2S2/c1-2-15-28-24(30)22-20(19-11-7-4-8-12-19)16-31-23(22)27-25(28)32-17-21(29)26-14-13-18-9-5-3-6-10-18/h2-12,16H,1,13-15,17H2,(H,26,29). The number of allylic oxidation sites excluding steroid dienone is 1. The van der Waals surface area contributed by atoms with E-state index in [9.17, 15) is 9.59 Å². The van der Waals surface area contributed by atoms with Gasteiger partial charge in [0.15, 0.2) is 5.16 Å². The SMILES string of the molecule is C=CCn1c(SCC(=O)NCCc2ccccc2)nc2scc(-c3ccccc3)c2c1=O. The van der Waals surface area contributed by atoms with Gasteiger partial charge in [0.2, 0.25) is 5.91 Å². The first-order valence-corrected chi connectivity index (χ1v) is 12.2. The quantitative estimate of drug-likeness (QED) is 0.222. The molecular weight excluding hydrogens is 438 g/mol. The van der Waals surface area contributed by atoms with Crippen LogP contribution in [0.4, 0.5) is 0 Å². The molecule has 0 unspecified atom stereocenters. The van der Waals surface area contributed by atoms with Gasteiger partial charge in [0, 0.05) is 24.0 Å². The molecule has 0 aliphatic carbocycles. The Morgan fingerprint density at radius 3 is 2.56 bits per heavy atom. The summed E-state index contributed by atoms with van der Waals surface area (Å²) < 4.78 is 1.59. The smallest absolute Gasteiger partial charge is 0.263 e. The first-order chi connectivity index (χ1) is 15.7. The number of hydrogen-bond donors (Lipinski definition) is 1. The lowest BCUT2D eigenvalue weighted by molar-refractivity contribution is -0.118. The Morgan fingerprint density at radius 2 is 1.84 bits per heavy atom. The lowest BCUT2D eigenvalue weighted by Crippen LogP contribution is -2.28. The summed E-state index contributed by atoms with van der Waals surface area (Å²) in [5.74, 6) is 0.113. The summed E-state index contributed by atoms with van der Waals surface area (Å²) in [7, 11) is 0. The molecule has 5 nitrogen and oxygen atoms in total. The number of thiophene rings is 1. The molecule has 162 valence electrons. The predicted molar refractivity (Wildman–Crippen MR) is 133 cm³/mol. The van der Waals surface area contributed by atoms with Crippen LogP contribution in [0.5, 0.6) is 0 Å². The van der Waals surface area contributed by atoms with Gasteiger partial charge in [0.05, 0.1) is 11.1 Å². The Balaban J connectivity index is 1.51. The minimum atomic E-state index is -0.109. The van der Waals surface area contributed by atoms with Crippen LogP contribution in [0.2, 0.25) is 0 Å². The van der Waals surface area contributed by atoms with Gasteiger partial charge in [0.25, 0.3) is 5.56 Å². The van der Waals surface area contributed by atoms with Crippen LogP contribution < -0.4 is 10.9 Å². The highest BCUT2D eigenvalue weighted by atomic mass is 32.2. The van der Waals surface area contributed by atoms with Crippen molar-refractivity contribution in [3.8, 4) is 11.1 Å². The third kappa shape index (κ3) is 5.00. The summed E-state index contributed by atoms with van der Waals surface area (Å²) in [6, 6.07) is 19.9. The average molecular weight is 462 g/mol. The van der Waals surface area contributed by atoms with Gasteiger partial charge in [-0.25, -0.2) is 4.98 Å². The van der Waals surface area contributed by atoms with Crippen LogP contribution in [0.3, 0.4) is 0 Å². The first-order valence-electron chi connectivity index (χ1n) is 10.3. The number of amides is 1. The minimum Gasteiger partial charge on any atom is -0.355 e. The van der Waals surface area contributed by atoms with Gasteiger partial charge in [-0.1, -0.05) is 78.5 Å². The molecule has 1 N–H and O–H groups in total. The fourth-order valence-electron chi connectivity index (χ4n) is 3.41. The monoisotopic (exact) mass is 461 g/mol. The highest BCUT2D eigenvalue weighted by molar-refractivity contribution is 7.99. The van der Waals surface area contributed by atoms with Crippen molar-refractivity contribution in [3.63, 3.8) is 0 Å². The number of carbonyl (C=O) groups is 1. The fourth-order valence-corrected chi connectivity index (χ4v) is 5.24. The van der Waals surface area contributed by atoms with Gasteiger partial charge in [-0.3, -0.25) is 14.2 Å². The Kier molecular flexibility index (Phi) is 7.19. The molecule has 0 fully saturated rings. The number of rotatable bonds is 9. The van der Waals surface area contributed by atoms with E-state index in [0.29, 0.717) is 28.5 Å². The van der Waals surface area contributed by atoms with Crippen LogP contribution in [0.15, 0.2) is 88.6 Å². The highest BCUT2D eigenvalue weighted by Gasteiger charge is 2.17. The van der Waals surface area contributed by atoms with Crippen molar-refractivity contribution in [2.75, 3.05) is 12.3 Å². The molecule has 0 saturated carbocycles. The third-order valence-electron chi connectivity index (χ3n) is 4.97. The van der Waals surface area contributed by atoms with E-state index in [1.807, 2.05) is 66.0 Å². The molecule has 4 rings (SSSR count). The summed E-state index contributed by atoms with van der Waals surface area (Å²) in [6.45, 7) is 4.68. The van der Waals surface area contributed by atoms with Crippen LogP contribution in [0.25, 0.3) is 21.3 Å². The molecule has 0 bridgehead atoms. The molecule has 32 heavy (non-hydrogen) atoms. The maximum absolute atomic E-state index is 13.3. The summed E-state index contributed by atoms with van der Waals surface area (Å²) >= 11 is 2.72. The summed E-state index contributed by atoms with van der Waals surface area (Å²) in [4.78, 5) is 31.1. The van der Waals surface area contributed by atoms with Crippen molar-refractivity contribution in [1.29, 1.82) is 0 Å². The van der Waals surface area contributed by atoms with E-state index in [4.69, 9.17) is 4.98 Å². The second-order valence-corrected chi connectivity index (χ2v) is 8.97. The maximum Gasteiger partial charge on any atom is 0.263 e. The molecule has 0 saturated heterocycles. The predicted octanol–water partition coefficient (Wildman–Crippen LogP) is 4.76. The third-order valence-corrected chi connectivity index (χ3v) is 6.81. The molecule has 1 amide bonds. The largest absolute Gasteiger partial charge is 0.355 e. The number of hydrogen-bond acceptors (Lipinski definition) is 5. The maximum atomic E-state index is 13.3. The first kappa shape index (κ1) is 22.0. The zero-order chi connectivity index (χ0) is 22.3. The summed E-state index contributed by atoms with van der Waals surface area (Å²) in [5.41, 5.74) is 2.94. The Bertz CT molecular complexity index is 1280. The summed E-state index contributed by atoms with van der Waals surface area (Å²) in [5, 5.41) is 6.05. The molecule has 2 aromatic carbocycles. The second kappa shape index (κ2) is 10.4. The summed E-state index contributed by atoms with van der Waals surface area (Å²) in [6.07, 6.45) is 2.45. The van der Waals surface area contributed by atoms with Gasteiger partial charge >= 0.3 is 0 Å². The highest BCUT2D eigenvalue weighted by Crippen LogP contribution is 2.32. The van der Waals surface area contributed by atoms with Crippen molar-refractivity contribution < 1.29 is 4.79 Å². The molecule has 0 atom stereocenters. The number of nitrogens with one attached hydrogen (secondary N) is 1. The van der Waals surface area contributed by atoms with Crippen molar-refractivity contribution in [2.24, 2.45) is 0 Å². The van der Waals surface area contributed by atoms with E-state index in [2.05, 4.69) is 11.9 Å². The number of fused-ring (bicyclic) bond motifs is 1. The van der Waals surface area contributed by atoms with Crippen LogP contribution in [-0.2, 0) is 17.8 Å². The van der Waals surface area contributed by atoms with E-state index in [1.54, 1.807) is 10.6 Å². The lowest BCUT2D eigenvalue weighted by atomic mass is 10.1. The van der Waals surface area contributed by atoms with E-state index in [1.165, 1.54) is 28.7 Å². The second-order valence-electron chi connectivity index (χ2n) is 7.17. The van der Waals surface area contributed by atoms with Crippen LogP contribution in [-0.4, -0.2) is 27.8 Å². The molecule has 0 radical (unpaired) electrons. The van der Waals surface area contributed by atoms with Gasteiger partial charge in [-0.15, -0.1) is 17.9 Å². The molecule has 0 spiro atoms. The van der Waals surface area contributed by atoms with Crippen molar-refractivity contribution >= 4 is 39.2 Å². The lowest BCUT2D eigenvalue weighted by Gasteiger charge is -2.11. The number of nitrogens with zero attached hydrogens (tertiary/aromatic N) is 2. The van der Waals surface area contributed by atoms with Crippen LogP contribution in [0.1, 0.15) is 5.56 Å². The van der Waals surface area contributed by atoms with Gasteiger partial charge < -0.3 is 5.32 Å². The topological polar surface area (TPSA) is 64.0 Å². The Labute approximate surface area is 194 Å². The molecule has 2 aromatic heterocycles. The molecule has 2 heterocycles. The van der Waals surface area contributed by atoms with Crippen molar-refractivity contribution in [1.82, 2.24) is 14.9 Å². The van der Waals surface area contributed by atoms with E-state index in [0.717, 1.165) is 17.5 Å². The number of benzene rings is 2. The van der Waals surface area contributed by atoms with E-state index in [-0.39, 0.29) is 17.2 Å². The van der Waals surface area contributed by atoms with Crippen LogP contribution >= 0.6 is 23.1 Å². The molecule has 7 heteroatoms. The van der Waals surface area contributed by atoms with Gasteiger partial charge in [-0.05, 0) is 17.5 Å². The van der Waals surface area contributed by atoms with Gasteiger partial charge in [-0.2, -0.15) is 0 Å². The minimum absolute atomic E-state index is 0.0819. The number of carbonyl (C=O) groups excluding carboxylic acids is 1. The Morgan fingerprint density at radius 1 is 1.12 bits per heavy atom. The molecular formula is C25H23N3O2S2. The molecule has 0 aliphatic heterocycles. The normalized spacial score (nSPS) is 10.9. The number of aromatic nitrogens is 2. The fraction of sp³-hybridized carbons (Fsp3) is 0.160. The zero-order valence-electron chi connectivity index (χ0n) is 17.5. The van der Waals surface area contributed by atoms with E-state index < -0.39 is 0 Å². The van der Waals surface area contributed by atoms with E-state index >= 15 is 0 Å². The average Bonchev–Trinajstić information content (AvgIpc) is 3.25. The van der Waals surface area contributed by atoms with Crippen molar-refractivity contribution in [3.05, 3.63) is 94.6 Å². The van der Waals surface area contributed by atoms with Gasteiger partial charge in [0.1, 0.15) is 4.83 Å². The van der Waals surface area contributed by atoms with Crippen LogP contribution in [0, 0.1) is 0 Å². The molecule has 4 aromatic rings.